The Hall–Kier alpha value is -2.14. The number of sulfonamides is 1. The summed E-state index contributed by atoms with van der Waals surface area (Å²) in [6.45, 7) is 3.93. The van der Waals surface area contributed by atoms with Crippen LogP contribution in [0.3, 0.4) is 0 Å². The number of aryl methyl sites for hydroxylation is 1. The number of unbranched alkanes of at least 4 members (excludes halogenated alkanes) is 1. The van der Waals surface area contributed by atoms with E-state index in [1.54, 1.807) is 36.4 Å². The van der Waals surface area contributed by atoms with Crippen LogP contribution < -0.4 is 0 Å². The zero-order valence-corrected chi connectivity index (χ0v) is 14.8. The molecule has 0 saturated heterocycles. The molecule has 0 amide bonds. The van der Waals surface area contributed by atoms with Crippen LogP contribution in [0.5, 0.6) is 0 Å². The van der Waals surface area contributed by atoms with Crippen LogP contribution in [-0.4, -0.2) is 19.3 Å². The molecule has 0 aliphatic carbocycles. The van der Waals surface area contributed by atoms with Gasteiger partial charge in [-0.15, -0.1) is 0 Å². The Balaban J connectivity index is 2.40. The van der Waals surface area contributed by atoms with E-state index in [0.717, 1.165) is 16.3 Å². The van der Waals surface area contributed by atoms with E-state index in [1.807, 2.05) is 19.9 Å². The highest BCUT2D eigenvalue weighted by atomic mass is 32.2. The van der Waals surface area contributed by atoms with Gasteiger partial charge in [-0.05, 0) is 37.1 Å². The predicted octanol–water partition coefficient (Wildman–Crippen LogP) is 4.75. The lowest BCUT2D eigenvalue weighted by Crippen LogP contribution is -2.30. The topological polar surface area (TPSA) is 37.4 Å². The van der Waals surface area contributed by atoms with Gasteiger partial charge in [0.2, 0.25) is 5.95 Å². The molecular weight excluding hydrogens is 325 g/mol. The van der Waals surface area contributed by atoms with Crippen LogP contribution >= 0.6 is 0 Å². The molecule has 0 unspecified atom stereocenters. The van der Waals surface area contributed by atoms with Crippen LogP contribution in [0.1, 0.15) is 30.9 Å². The zero-order valence-electron chi connectivity index (χ0n) is 13.9. The van der Waals surface area contributed by atoms with E-state index in [2.05, 4.69) is 0 Å². The van der Waals surface area contributed by atoms with Gasteiger partial charge in [0.15, 0.2) is 0 Å². The van der Waals surface area contributed by atoms with E-state index in [-0.39, 0.29) is 11.4 Å². The molecule has 2 aromatic rings. The summed E-state index contributed by atoms with van der Waals surface area (Å²) in [7, 11) is -3.92. The molecule has 0 N–H and O–H groups in total. The largest absolute Gasteiger partial charge is 0.266 e. The monoisotopic (exact) mass is 347 g/mol. The zero-order chi connectivity index (χ0) is 17.6. The average molecular weight is 347 g/mol. The Morgan fingerprint density at radius 2 is 1.71 bits per heavy atom. The SMILES string of the molecule is CCCCN(/C(F)=C/c1ccccc1)S(=O)(=O)c1ccc(C)cc1. The van der Waals surface area contributed by atoms with Gasteiger partial charge < -0.3 is 0 Å². The van der Waals surface area contributed by atoms with Crippen LogP contribution in [0.2, 0.25) is 0 Å². The maximum Gasteiger partial charge on any atom is 0.266 e. The Labute approximate surface area is 143 Å². The van der Waals surface area contributed by atoms with Crippen molar-refractivity contribution >= 4 is 16.1 Å². The van der Waals surface area contributed by atoms with Gasteiger partial charge in [-0.2, -0.15) is 4.39 Å². The molecule has 0 spiro atoms. The summed E-state index contributed by atoms with van der Waals surface area (Å²) in [4.78, 5) is 0.0980. The lowest BCUT2D eigenvalue weighted by Gasteiger charge is -2.22. The molecule has 3 nitrogen and oxygen atoms in total. The van der Waals surface area contributed by atoms with Gasteiger partial charge in [-0.1, -0.05) is 61.4 Å². The lowest BCUT2D eigenvalue weighted by molar-refractivity contribution is 0.382. The van der Waals surface area contributed by atoms with Gasteiger partial charge in [0.1, 0.15) is 0 Å². The number of rotatable bonds is 7. The maximum absolute atomic E-state index is 14.7. The lowest BCUT2D eigenvalue weighted by atomic mass is 10.2. The van der Waals surface area contributed by atoms with Gasteiger partial charge in [0.05, 0.1) is 4.90 Å². The van der Waals surface area contributed by atoms with Gasteiger partial charge in [-0.3, -0.25) is 0 Å². The highest BCUT2D eigenvalue weighted by molar-refractivity contribution is 7.89. The summed E-state index contributed by atoms with van der Waals surface area (Å²) in [5.41, 5.74) is 1.57. The van der Waals surface area contributed by atoms with Crippen LogP contribution in [0.25, 0.3) is 6.08 Å². The molecule has 0 heterocycles. The number of benzene rings is 2. The molecule has 2 rings (SSSR count). The fourth-order valence-electron chi connectivity index (χ4n) is 2.24. The first kappa shape index (κ1) is 18.2. The summed E-state index contributed by atoms with van der Waals surface area (Å²) >= 11 is 0. The average Bonchev–Trinajstić information content (AvgIpc) is 2.56. The first-order valence-corrected chi connectivity index (χ1v) is 9.41. The Bertz CT molecular complexity index is 784. The fraction of sp³-hybridized carbons (Fsp3) is 0.263. The molecular formula is C19H22FNO2S. The minimum absolute atomic E-state index is 0.0980. The van der Waals surface area contributed by atoms with Crippen molar-refractivity contribution in [1.82, 2.24) is 4.31 Å². The molecule has 0 bridgehead atoms. The summed E-state index contributed by atoms with van der Waals surface area (Å²) in [5, 5.41) is 0. The van der Waals surface area contributed by atoms with E-state index >= 15 is 0 Å². The van der Waals surface area contributed by atoms with Crippen molar-refractivity contribution in [1.29, 1.82) is 0 Å². The quantitative estimate of drug-likeness (QED) is 0.678. The van der Waals surface area contributed by atoms with Crippen LogP contribution in [0, 0.1) is 6.92 Å². The van der Waals surface area contributed by atoms with Crippen molar-refractivity contribution in [2.75, 3.05) is 6.54 Å². The number of hydrogen-bond acceptors (Lipinski definition) is 2. The maximum atomic E-state index is 14.7. The molecule has 2 aromatic carbocycles. The van der Waals surface area contributed by atoms with E-state index in [0.29, 0.717) is 12.0 Å². The number of nitrogens with zero attached hydrogens (tertiary/aromatic N) is 1. The Morgan fingerprint density at radius 3 is 2.29 bits per heavy atom. The number of halogens is 1. The second-order valence-electron chi connectivity index (χ2n) is 5.62. The number of hydrogen-bond donors (Lipinski definition) is 0. The van der Waals surface area contributed by atoms with Crippen LogP contribution in [0.15, 0.2) is 65.4 Å². The normalized spacial score (nSPS) is 12.2. The van der Waals surface area contributed by atoms with E-state index in [9.17, 15) is 12.8 Å². The van der Waals surface area contributed by atoms with Gasteiger partial charge in [0, 0.05) is 6.54 Å². The summed E-state index contributed by atoms with van der Waals surface area (Å²) < 4.78 is 41.3. The molecule has 24 heavy (non-hydrogen) atoms. The predicted molar refractivity (Wildman–Crippen MR) is 95.5 cm³/mol. The van der Waals surface area contributed by atoms with Crippen LogP contribution in [-0.2, 0) is 10.0 Å². The summed E-state index contributed by atoms with van der Waals surface area (Å²) in [6.07, 6.45) is 2.61. The minimum atomic E-state index is -3.92. The molecule has 5 heteroatoms. The molecule has 0 radical (unpaired) electrons. The molecule has 0 aromatic heterocycles. The Kier molecular flexibility index (Phi) is 6.15. The van der Waals surface area contributed by atoms with Gasteiger partial charge >= 0.3 is 0 Å². The minimum Gasteiger partial charge on any atom is -0.242 e. The summed E-state index contributed by atoms with van der Waals surface area (Å²) in [6, 6.07) is 15.3. The van der Waals surface area contributed by atoms with Gasteiger partial charge in [-0.25, -0.2) is 12.7 Å². The second-order valence-corrected chi connectivity index (χ2v) is 7.48. The standard InChI is InChI=1S/C19H22FNO2S/c1-3-4-14-21(19(20)15-17-8-6-5-7-9-17)24(22,23)18-12-10-16(2)11-13-18/h5-13,15H,3-4,14H2,1-2H3/b19-15+. The third kappa shape index (κ3) is 4.45. The van der Waals surface area contributed by atoms with Crippen molar-refractivity contribution in [2.24, 2.45) is 0 Å². The second kappa shape index (κ2) is 8.11. The van der Waals surface area contributed by atoms with Gasteiger partial charge in [0.25, 0.3) is 10.0 Å². The molecule has 0 saturated carbocycles. The van der Waals surface area contributed by atoms with Crippen molar-refractivity contribution in [3.05, 3.63) is 71.7 Å². The molecule has 128 valence electrons. The van der Waals surface area contributed by atoms with Crippen molar-refractivity contribution < 1.29 is 12.8 Å². The third-order valence-corrected chi connectivity index (χ3v) is 5.45. The fourth-order valence-corrected chi connectivity index (χ4v) is 3.63. The van der Waals surface area contributed by atoms with Crippen molar-refractivity contribution in [3.8, 4) is 0 Å². The Morgan fingerprint density at radius 1 is 1.08 bits per heavy atom. The molecule has 0 fully saturated rings. The highest BCUT2D eigenvalue weighted by Gasteiger charge is 2.26. The first-order chi connectivity index (χ1) is 11.4. The van der Waals surface area contributed by atoms with E-state index in [4.69, 9.17) is 0 Å². The third-order valence-electron chi connectivity index (χ3n) is 3.65. The van der Waals surface area contributed by atoms with E-state index in [1.165, 1.54) is 18.2 Å². The van der Waals surface area contributed by atoms with Crippen molar-refractivity contribution in [3.63, 3.8) is 0 Å². The van der Waals surface area contributed by atoms with Crippen LogP contribution in [0.4, 0.5) is 4.39 Å². The summed E-state index contributed by atoms with van der Waals surface area (Å²) in [5.74, 6) is -0.768. The smallest absolute Gasteiger partial charge is 0.242 e. The first-order valence-electron chi connectivity index (χ1n) is 7.97. The molecule has 0 atom stereocenters. The highest BCUT2D eigenvalue weighted by Crippen LogP contribution is 2.23. The molecule has 0 aliphatic rings. The van der Waals surface area contributed by atoms with Crippen molar-refractivity contribution in [2.45, 2.75) is 31.6 Å². The molecule has 0 aliphatic heterocycles. The van der Waals surface area contributed by atoms with E-state index < -0.39 is 16.0 Å².